The van der Waals surface area contributed by atoms with Crippen molar-refractivity contribution in [2.45, 2.75) is 32.8 Å². The topological polar surface area (TPSA) is 117 Å². The summed E-state index contributed by atoms with van der Waals surface area (Å²) in [6.07, 6.45) is 3.06. The first-order valence-electron chi connectivity index (χ1n) is 7.05. The Morgan fingerprint density at radius 2 is 2.09 bits per heavy atom. The molecule has 0 amide bonds. The molecule has 1 aliphatic carbocycles. The number of esters is 1. The summed E-state index contributed by atoms with van der Waals surface area (Å²) in [5.41, 5.74) is 12.7. The van der Waals surface area contributed by atoms with E-state index in [2.05, 4.69) is 21.9 Å². The fourth-order valence-electron chi connectivity index (χ4n) is 2.58. The van der Waals surface area contributed by atoms with Gasteiger partial charge in [0.15, 0.2) is 12.4 Å². The first kappa shape index (κ1) is 14.7. The van der Waals surface area contributed by atoms with E-state index in [4.69, 9.17) is 16.2 Å². The number of thiophene rings is 1. The van der Waals surface area contributed by atoms with Gasteiger partial charge in [0, 0.05) is 10.3 Å². The van der Waals surface area contributed by atoms with Crippen molar-refractivity contribution >= 4 is 29.2 Å². The molecule has 8 heteroatoms. The molecule has 22 heavy (non-hydrogen) atoms. The molecule has 2 aromatic rings. The minimum absolute atomic E-state index is 0.0143. The molecule has 3 rings (SSSR count). The van der Waals surface area contributed by atoms with Crippen molar-refractivity contribution in [2.24, 2.45) is 5.92 Å². The predicted molar refractivity (Wildman–Crippen MR) is 83.3 cm³/mol. The molecule has 0 fully saturated rings. The molecule has 2 heterocycles. The number of nitrogen functional groups attached to an aromatic ring is 2. The van der Waals surface area contributed by atoms with Gasteiger partial charge < -0.3 is 16.2 Å². The van der Waals surface area contributed by atoms with E-state index >= 15 is 0 Å². The van der Waals surface area contributed by atoms with E-state index < -0.39 is 0 Å². The predicted octanol–water partition coefficient (Wildman–Crippen LogP) is 1.58. The third-order valence-electron chi connectivity index (χ3n) is 3.67. The van der Waals surface area contributed by atoms with Crippen LogP contribution in [0.15, 0.2) is 5.38 Å². The number of nitrogens with two attached hydrogens (primary N) is 2. The van der Waals surface area contributed by atoms with Gasteiger partial charge in [0.2, 0.25) is 11.9 Å². The van der Waals surface area contributed by atoms with Crippen molar-refractivity contribution in [2.75, 3.05) is 11.5 Å². The Morgan fingerprint density at radius 1 is 1.36 bits per heavy atom. The summed E-state index contributed by atoms with van der Waals surface area (Å²) in [4.78, 5) is 25.0. The second kappa shape index (κ2) is 5.88. The summed E-state index contributed by atoms with van der Waals surface area (Å²) >= 11 is 1.63. The molecule has 1 unspecified atom stereocenters. The third-order valence-corrected chi connectivity index (χ3v) is 4.72. The van der Waals surface area contributed by atoms with Gasteiger partial charge in [0.1, 0.15) is 0 Å². The van der Waals surface area contributed by atoms with Crippen LogP contribution in [0, 0.1) is 5.92 Å². The van der Waals surface area contributed by atoms with Gasteiger partial charge in [-0.2, -0.15) is 15.0 Å². The minimum Gasteiger partial charge on any atom is -0.454 e. The van der Waals surface area contributed by atoms with E-state index in [9.17, 15) is 4.79 Å². The molecular formula is C14H17N5O2S. The SMILES string of the molecule is CC1CCc2c(C(=O)OCc3nc(N)nc(N)n3)csc2C1. The highest BCUT2D eigenvalue weighted by atomic mass is 32.1. The lowest BCUT2D eigenvalue weighted by molar-refractivity contribution is 0.0461. The third kappa shape index (κ3) is 3.01. The molecule has 0 bridgehead atoms. The number of hydrogen-bond acceptors (Lipinski definition) is 8. The van der Waals surface area contributed by atoms with Crippen molar-refractivity contribution < 1.29 is 9.53 Å². The maximum absolute atomic E-state index is 12.3. The molecule has 0 saturated heterocycles. The van der Waals surface area contributed by atoms with Crippen molar-refractivity contribution in [1.29, 1.82) is 0 Å². The Balaban J connectivity index is 1.70. The standard InChI is InChI=1S/C14H17N5O2S/c1-7-2-3-8-9(6-22-10(8)4-7)12(20)21-5-11-17-13(15)19-14(16)18-11/h6-7H,2-5H2,1H3,(H4,15,16,17,18,19). The van der Waals surface area contributed by atoms with Crippen molar-refractivity contribution in [3.63, 3.8) is 0 Å². The zero-order valence-corrected chi connectivity index (χ0v) is 13.0. The van der Waals surface area contributed by atoms with Crippen LogP contribution in [0.1, 0.15) is 40.0 Å². The largest absolute Gasteiger partial charge is 0.454 e. The second-order valence-electron chi connectivity index (χ2n) is 5.44. The molecule has 0 radical (unpaired) electrons. The average molecular weight is 319 g/mol. The van der Waals surface area contributed by atoms with Crippen LogP contribution in [0.5, 0.6) is 0 Å². The molecule has 0 spiro atoms. The van der Waals surface area contributed by atoms with Gasteiger partial charge in [-0.15, -0.1) is 11.3 Å². The van der Waals surface area contributed by atoms with Gasteiger partial charge in [-0.1, -0.05) is 6.92 Å². The van der Waals surface area contributed by atoms with Crippen molar-refractivity contribution in [3.8, 4) is 0 Å². The highest BCUT2D eigenvalue weighted by Crippen LogP contribution is 2.33. The molecule has 4 N–H and O–H groups in total. The Bertz CT molecular complexity index is 695. The Hall–Kier alpha value is -2.22. The van der Waals surface area contributed by atoms with E-state index in [0.717, 1.165) is 24.8 Å². The molecular weight excluding hydrogens is 302 g/mol. The van der Waals surface area contributed by atoms with Crippen LogP contribution in [-0.4, -0.2) is 20.9 Å². The number of nitrogens with zero attached hydrogens (tertiary/aromatic N) is 3. The summed E-state index contributed by atoms with van der Waals surface area (Å²) in [5.74, 6) is 0.591. The van der Waals surface area contributed by atoms with Crippen molar-refractivity contribution in [1.82, 2.24) is 15.0 Å². The molecule has 1 atom stereocenters. The summed E-state index contributed by atoms with van der Waals surface area (Å²) < 4.78 is 5.28. The van der Waals surface area contributed by atoms with Crippen molar-refractivity contribution in [3.05, 3.63) is 27.2 Å². The quantitative estimate of drug-likeness (QED) is 0.825. The average Bonchev–Trinajstić information content (AvgIpc) is 2.86. The van der Waals surface area contributed by atoms with Crippen LogP contribution in [0.2, 0.25) is 0 Å². The summed E-state index contributed by atoms with van der Waals surface area (Å²) in [5, 5.41) is 1.88. The van der Waals surface area contributed by atoms with Crippen LogP contribution in [0.3, 0.4) is 0 Å². The number of ether oxygens (including phenoxy) is 1. The first-order valence-corrected chi connectivity index (χ1v) is 7.93. The zero-order chi connectivity index (χ0) is 15.7. The normalized spacial score (nSPS) is 17.0. The maximum Gasteiger partial charge on any atom is 0.339 e. The monoisotopic (exact) mass is 319 g/mol. The van der Waals surface area contributed by atoms with Gasteiger partial charge in [-0.05, 0) is 30.7 Å². The Kier molecular flexibility index (Phi) is 3.93. The summed E-state index contributed by atoms with van der Waals surface area (Å²) in [6.45, 7) is 2.16. The number of fused-ring (bicyclic) bond motifs is 1. The van der Waals surface area contributed by atoms with Crippen LogP contribution in [-0.2, 0) is 24.2 Å². The smallest absolute Gasteiger partial charge is 0.339 e. The zero-order valence-electron chi connectivity index (χ0n) is 12.2. The highest BCUT2D eigenvalue weighted by Gasteiger charge is 2.24. The molecule has 0 saturated carbocycles. The molecule has 0 aliphatic heterocycles. The summed E-state index contributed by atoms with van der Waals surface area (Å²) in [7, 11) is 0. The van der Waals surface area contributed by atoms with Crippen LogP contribution >= 0.6 is 11.3 Å². The maximum atomic E-state index is 12.3. The minimum atomic E-state index is -0.357. The molecule has 7 nitrogen and oxygen atoms in total. The van der Waals surface area contributed by atoms with E-state index in [1.807, 2.05) is 5.38 Å². The van der Waals surface area contributed by atoms with Gasteiger partial charge in [-0.25, -0.2) is 4.79 Å². The Labute approximate surface area is 131 Å². The highest BCUT2D eigenvalue weighted by molar-refractivity contribution is 7.10. The molecule has 1 aliphatic rings. The number of carbonyl (C=O) groups is 1. The van der Waals surface area contributed by atoms with Gasteiger partial charge in [-0.3, -0.25) is 0 Å². The van der Waals surface area contributed by atoms with Crippen LogP contribution < -0.4 is 11.5 Å². The first-order chi connectivity index (χ1) is 10.5. The lowest BCUT2D eigenvalue weighted by Crippen LogP contribution is -2.14. The Morgan fingerprint density at radius 3 is 2.82 bits per heavy atom. The van der Waals surface area contributed by atoms with Gasteiger partial charge in [0.05, 0.1) is 5.56 Å². The number of hydrogen-bond donors (Lipinski definition) is 2. The lowest BCUT2D eigenvalue weighted by atomic mass is 9.88. The number of rotatable bonds is 3. The lowest BCUT2D eigenvalue weighted by Gasteiger charge is -2.18. The second-order valence-corrected chi connectivity index (χ2v) is 6.41. The number of carbonyl (C=O) groups excluding carboxylic acids is 1. The fourth-order valence-corrected chi connectivity index (χ4v) is 3.81. The van der Waals surface area contributed by atoms with E-state index in [1.54, 1.807) is 11.3 Å². The fraction of sp³-hybridized carbons (Fsp3) is 0.429. The molecule has 0 aromatic carbocycles. The van der Waals surface area contributed by atoms with E-state index in [0.29, 0.717) is 11.5 Å². The van der Waals surface area contributed by atoms with Gasteiger partial charge in [0.25, 0.3) is 0 Å². The molecule has 2 aromatic heterocycles. The number of aromatic nitrogens is 3. The van der Waals surface area contributed by atoms with Crippen LogP contribution in [0.25, 0.3) is 0 Å². The van der Waals surface area contributed by atoms with Gasteiger partial charge >= 0.3 is 5.97 Å². The van der Waals surface area contributed by atoms with Crippen LogP contribution in [0.4, 0.5) is 11.9 Å². The van der Waals surface area contributed by atoms with E-state index in [-0.39, 0.29) is 30.3 Å². The summed E-state index contributed by atoms with van der Waals surface area (Å²) in [6, 6.07) is 0. The van der Waals surface area contributed by atoms with E-state index in [1.165, 1.54) is 4.88 Å². The molecule has 116 valence electrons. The number of anilines is 2.